The predicted molar refractivity (Wildman–Crippen MR) is 108 cm³/mol. The summed E-state index contributed by atoms with van der Waals surface area (Å²) in [6.07, 6.45) is 1.40. The molecule has 0 unspecified atom stereocenters. The molecule has 4 aromatic rings. The number of thiazole rings is 1. The first-order valence-corrected chi connectivity index (χ1v) is 10.2. The van der Waals surface area contributed by atoms with Crippen LogP contribution in [0.2, 0.25) is 0 Å². The van der Waals surface area contributed by atoms with E-state index in [1.807, 2.05) is 24.3 Å². The second-order valence-corrected chi connectivity index (χ2v) is 7.86. The first-order chi connectivity index (χ1) is 14.7. The van der Waals surface area contributed by atoms with Gasteiger partial charge in [-0.2, -0.15) is 0 Å². The molecule has 1 aliphatic heterocycles. The SMILES string of the molecule is O=C(Cn1cnnn1)N1CCN(C(=O)c2ccc(-c3nc4ccccc4s3)o2)CC1. The van der Waals surface area contributed by atoms with Crippen LogP contribution in [0, 0.1) is 0 Å². The van der Waals surface area contributed by atoms with Crippen molar-refractivity contribution in [2.75, 3.05) is 26.2 Å². The highest BCUT2D eigenvalue weighted by Crippen LogP contribution is 2.31. The zero-order chi connectivity index (χ0) is 20.5. The highest BCUT2D eigenvalue weighted by molar-refractivity contribution is 7.21. The summed E-state index contributed by atoms with van der Waals surface area (Å²) in [6, 6.07) is 11.3. The molecule has 1 fully saturated rings. The molecular weight excluding hydrogens is 406 g/mol. The van der Waals surface area contributed by atoms with Crippen molar-refractivity contribution in [3.05, 3.63) is 48.5 Å². The van der Waals surface area contributed by atoms with Crippen molar-refractivity contribution >= 4 is 33.4 Å². The van der Waals surface area contributed by atoms with Crippen LogP contribution in [-0.2, 0) is 11.3 Å². The highest BCUT2D eigenvalue weighted by Gasteiger charge is 2.27. The van der Waals surface area contributed by atoms with Gasteiger partial charge in [-0.25, -0.2) is 9.67 Å². The summed E-state index contributed by atoms with van der Waals surface area (Å²) >= 11 is 1.53. The lowest BCUT2D eigenvalue weighted by molar-refractivity contribution is -0.133. The Morgan fingerprint density at radius 2 is 1.83 bits per heavy atom. The molecule has 0 spiro atoms. The molecule has 1 aliphatic rings. The van der Waals surface area contributed by atoms with E-state index in [0.717, 1.165) is 15.2 Å². The van der Waals surface area contributed by atoms with E-state index in [1.54, 1.807) is 21.9 Å². The average molecular weight is 423 g/mol. The van der Waals surface area contributed by atoms with Gasteiger partial charge in [0, 0.05) is 26.2 Å². The third-order valence-corrected chi connectivity index (χ3v) is 5.98. The molecule has 2 amide bonds. The second kappa shape index (κ2) is 7.67. The summed E-state index contributed by atoms with van der Waals surface area (Å²) in [7, 11) is 0. The molecule has 0 N–H and O–H groups in total. The number of benzene rings is 1. The molecule has 5 rings (SSSR count). The van der Waals surface area contributed by atoms with Gasteiger partial charge in [0.05, 0.1) is 10.2 Å². The Labute approximate surface area is 174 Å². The number of hydrogen-bond acceptors (Lipinski definition) is 8. The molecule has 0 radical (unpaired) electrons. The zero-order valence-electron chi connectivity index (χ0n) is 15.8. The molecule has 1 aromatic carbocycles. The summed E-state index contributed by atoms with van der Waals surface area (Å²) < 4.78 is 8.26. The van der Waals surface area contributed by atoms with Gasteiger partial charge in [-0.3, -0.25) is 9.59 Å². The van der Waals surface area contributed by atoms with Gasteiger partial charge in [-0.05, 0) is 34.7 Å². The first kappa shape index (κ1) is 18.4. The number of carbonyl (C=O) groups excluding carboxylic acids is 2. The lowest BCUT2D eigenvalue weighted by atomic mass is 10.2. The van der Waals surface area contributed by atoms with Gasteiger partial charge < -0.3 is 14.2 Å². The Kier molecular flexibility index (Phi) is 4.71. The number of aromatic nitrogens is 5. The van der Waals surface area contributed by atoms with Crippen LogP contribution < -0.4 is 0 Å². The number of furan rings is 1. The highest BCUT2D eigenvalue weighted by atomic mass is 32.1. The number of amides is 2. The van der Waals surface area contributed by atoms with E-state index in [4.69, 9.17) is 4.42 Å². The molecule has 0 saturated carbocycles. The molecule has 11 heteroatoms. The van der Waals surface area contributed by atoms with E-state index in [1.165, 1.54) is 22.3 Å². The lowest BCUT2D eigenvalue weighted by Crippen LogP contribution is -2.51. The van der Waals surface area contributed by atoms with Gasteiger partial charge in [0.25, 0.3) is 5.91 Å². The quantitative estimate of drug-likeness (QED) is 0.489. The van der Waals surface area contributed by atoms with E-state index in [-0.39, 0.29) is 24.1 Å². The van der Waals surface area contributed by atoms with E-state index < -0.39 is 0 Å². The fraction of sp³-hybridized carbons (Fsp3) is 0.263. The number of tetrazole rings is 1. The minimum Gasteiger partial charge on any atom is -0.448 e. The van der Waals surface area contributed by atoms with E-state index in [0.29, 0.717) is 31.9 Å². The van der Waals surface area contributed by atoms with Crippen molar-refractivity contribution in [2.24, 2.45) is 0 Å². The van der Waals surface area contributed by atoms with Gasteiger partial charge in [0.2, 0.25) is 5.91 Å². The third kappa shape index (κ3) is 3.54. The number of carbonyl (C=O) groups is 2. The number of hydrogen-bond donors (Lipinski definition) is 0. The Hall–Kier alpha value is -3.60. The largest absolute Gasteiger partial charge is 0.448 e. The van der Waals surface area contributed by atoms with Crippen molar-refractivity contribution in [2.45, 2.75) is 6.54 Å². The van der Waals surface area contributed by atoms with E-state index in [2.05, 4.69) is 20.5 Å². The van der Waals surface area contributed by atoms with Crippen molar-refractivity contribution in [1.82, 2.24) is 35.0 Å². The molecule has 0 atom stereocenters. The normalized spacial score (nSPS) is 14.4. The fourth-order valence-corrected chi connectivity index (χ4v) is 4.28. The smallest absolute Gasteiger partial charge is 0.289 e. The van der Waals surface area contributed by atoms with Crippen LogP contribution in [0.1, 0.15) is 10.6 Å². The molecule has 4 heterocycles. The maximum Gasteiger partial charge on any atom is 0.289 e. The monoisotopic (exact) mass is 423 g/mol. The van der Waals surface area contributed by atoms with Crippen LogP contribution in [0.3, 0.4) is 0 Å². The molecule has 0 aliphatic carbocycles. The van der Waals surface area contributed by atoms with Crippen molar-refractivity contribution in [3.8, 4) is 10.8 Å². The summed E-state index contributed by atoms with van der Waals surface area (Å²) in [6.45, 7) is 1.88. The molecule has 0 bridgehead atoms. The minimum absolute atomic E-state index is 0.0782. The fourth-order valence-electron chi connectivity index (χ4n) is 3.35. The zero-order valence-corrected chi connectivity index (χ0v) is 16.7. The molecule has 30 heavy (non-hydrogen) atoms. The van der Waals surface area contributed by atoms with Crippen LogP contribution in [0.5, 0.6) is 0 Å². The Morgan fingerprint density at radius 1 is 1.03 bits per heavy atom. The van der Waals surface area contributed by atoms with Crippen LogP contribution in [0.15, 0.2) is 47.1 Å². The minimum atomic E-state index is -0.185. The van der Waals surface area contributed by atoms with E-state index >= 15 is 0 Å². The number of piperazine rings is 1. The van der Waals surface area contributed by atoms with Crippen molar-refractivity contribution < 1.29 is 14.0 Å². The Balaban J connectivity index is 1.22. The first-order valence-electron chi connectivity index (χ1n) is 9.41. The molecule has 1 saturated heterocycles. The number of para-hydroxylation sites is 1. The Morgan fingerprint density at radius 3 is 2.60 bits per heavy atom. The summed E-state index contributed by atoms with van der Waals surface area (Å²) in [5.41, 5.74) is 0.907. The Bertz CT molecular complexity index is 1160. The summed E-state index contributed by atoms with van der Waals surface area (Å²) in [4.78, 5) is 33.1. The number of fused-ring (bicyclic) bond motifs is 1. The van der Waals surface area contributed by atoms with Crippen LogP contribution >= 0.6 is 11.3 Å². The summed E-state index contributed by atoms with van der Waals surface area (Å²) in [5.74, 6) is 0.591. The van der Waals surface area contributed by atoms with Crippen LogP contribution in [0.4, 0.5) is 0 Å². The third-order valence-electron chi connectivity index (χ3n) is 4.93. The van der Waals surface area contributed by atoms with Gasteiger partial charge in [-0.15, -0.1) is 16.4 Å². The number of rotatable bonds is 4. The van der Waals surface area contributed by atoms with Gasteiger partial charge in [-0.1, -0.05) is 12.1 Å². The second-order valence-electron chi connectivity index (χ2n) is 6.83. The van der Waals surface area contributed by atoms with E-state index in [9.17, 15) is 9.59 Å². The van der Waals surface area contributed by atoms with Crippen molar-refractivity contribution in [1.29, 1.82) is 0 Å². The van der Waals surface area contributed by atoms with Gasteiger partial charge >= 0.3 is 0 Å². The lowest BCUT2D eigenvalue weighted by Gasteiger charge is -2.34. The number of nitrogens with zero attached hydrogens (tertiary/aromatic N) is 7. The maximum atomic E-state index is 12.8. The topological polar surface area (TPSA) is 110 Å². The van der Waals surface area contributed by atoms with Crippen molar-refractivity contribution in [3.63, 3.8) is 0 Å². The van der Waals surface area contributed by atoms with Gasteiger partial charge in [0.1, 0.15) is 12.9 Å². The molecular formula is C19H17N7O3S. The maximum absolute atomic E-state index is 12.8. The summed E-state index contributed by atoms with van der Waals surface area (Å²) in [5, 5.41) is 11.5. The molecule has 3 aromatic heterocycles. The predicted octanol–water partition coefficient (Wildman–Crippen LogP) is 1.53. The molecule has 152 valence electrons. The average Bonchev–Trinajstić information content (AvgIpc) is 3.53. The van der Waals surface area contributed by atoms with Gasteiger partial charge in [0.15, 0.2) is 16.5 Å². The molecule has 10 nitrogen and oxygen atoms in total. The standard InChI is InChI=1S/C19H17N7O3S/c27-17(11-26-12-20-22-23-26)24-7-9-25(10-8-24)19(28)15-6-5-14(29-15)18-21-13-3-1-2-4-16(13)30-18/h1-6,12H,7-11H2. The van der Waals surface area contributed by atoms with Crippen LogP contribution in [-0.4, -0.2) is 73.0 Å². The van der Waals surface area contributed by atoms with Crippen LogP contribution in [0.25, 0.3) is 21.0 Å².